The fourth-order valence-corrected chi connectivity index (χ4v) is 3.93. The maximum absolute atomic E-state index is 12.3. The molecular formula is C17H19N3O3S. The van der Waals surface area contributed by atoms with Gasteiger partial charge in [-0.3, -0.25) is 0 Å². The van der Waals surface area contributed by atoms with E-state index in [0.29, 0.717) is 24.9 Å². The van der Waals surface area contributed by atoms with Gasteiger partial charge in [-0.2, -0.15) is 9.29 Å². The van der Waals surface area contributed by atoms with Gasteiger partial charge in [0.25, 0.3) is 0 Å². The topological polar surface area (TPSA) is 76.3 Å². The summed E-state index contributed by atoms with van der Waals surface area (Å²) in [7, 11) is -3.41. The quantitative estimate of drug-likeness (QED) is 0.833. The molecule has 24 heavy (non-hydrogen) atoms. The molecule has 1 saturated carbocycles. The lowest BCUT2D eigenvalue weighted by molar-refractivity contribution is 0.218. The average Bonchev–Trinajstić information content (AvgIpc) is 3.25. The maximum atomic E-state index is 12.3. The van der Waals surface area contributed by atoms with Crippen LogP contribution in [0.3, 0.4) is 0 Å². The molecule has 0 spiro atoms. The summed E-state index contributed by atoms with van der Waals surface area (Å²) in [6, 6.07) is 7.72. The first-order valence-electron chi connectivity index (χ1n) is 8.10. The van der Waals surface area contributed by atoms with Crippen LogP contribution in [0.25, 0.3) is 6.08 Å². The summed E-state index contributed by atoms with van der Waals surface area (Å²) < 4.78 is 31.4. The molecule has 0 radical (unpaired) electrons. The van der Waals surface area contributed by atoms with Crippen molar-refractivity contribution in [1.82, 2.24) is 14.4 Å². The van der Waals surface area contributed by atoms with Crippen LogP contribution in [0, 0.1) is 6.92 Å². The Kier molecular flexibility index (Phi) is 3.77. The van der Waals surface area contributed by atoms with Crippen molar-refractivity contribution in [1.29, 1.82) is 0 Å². The van der Waals surface area contributed by atoms with Gasteiger partial charge >= 0.3 is 0 Å². The van der Waals surface area contributed by atoms with E-state index >= 15 is 0 Å². The van der Waals surface area contributed by atoms with Crippen LogP contribution in [0.4, 0.5) is 0 Å². The number of benzene rings is 1. The van der Waals surface area contributed by atoms with Crippen LogP contribution in [0.1, 0.15) is 47.5 Å². The second kappa shape index (κ2) is 5.82. The molecule has 2 fully saturated rings. The number of nitrogens with zero attached hydrogens (tertiary/aromatic N) is 3. The minimum absolute atomic E-state index is 0.00699. The van der Waals surface area contributed by atoms with Crippen molar-refractivity contribution in [3.8, 4) is 0 Å². The predicted molar refractivity (Wildman–Crippen MR) is 89.7 cm³/mol. The van der Waals surface area contributed by atoms with Gasteiger partial charge in [-0.1, -0.05) is 35.0 Å². The first-order chi connectivity index (χ1) is 11.5. The van der Waals surface area contributed by atoms with Crippen molar-refractivity contribution in [3.05, 3.63) is 52.5 Å². The summed E-state index contributed by atoms with van der Waals surface area (Å²) in [5.74, 6) is 1.78. The van der Waals surface area contributed by atoms with Crippen LogP contribution < -0.4 is 0 Å². The number of aromatic nitrogens is 2. The third-order valence-electron chi connectivity index (χ3n) is 4.47. The van der Waals surface area contributed by atoms with Crippen LogP contribution in [0.5, 0.6) is 0 Å². The van der Waals surface area contributed by atoms with E-state index < -0.39 is 10.0 Å². The monoisotopic (exact) mass is 345 g/mol. The summed E-state index contributed by atoms with van der Waals surface area (Å²) in [5.41, 5.74) is 2.01. The van der Waals surface area contributed by atoms with E-state index in [1.807, 2.05) is 31.2 Å². The molecular weight excluding hydrogens is 326 g/mol. The van der Waals surface area contributed by atoms with Gasteiger partial charge in [0.1, 0.15) is 0 Å². The zero-order valence-electron chi connectivity index (χ0n) is 13.4. The number of aryl methyl sites for hydroxylation is 1. The minimum atomic E-state index is -3.41. The van der Waals surface area contributed by atoms with E-state index in [-0.39, 0.29) is 5.92 Å². The average molecular weight is 345 g/mol. The van der Waals surface area contributed by atoms with Crippen molar-refractivity contribution >= 4 is 16.1 Å². The Balaban J connectivity index is 1.38. The van der Waals surface area contributed by atoms with Crippen molar-refractivity contribution in [2.75, 3.05) is 13.1 Å². The summed E-state index contributed by atoms with van der Waals surface area (Å²) >= 11 is 0. The number of hydrogen-bond acceptors (Lipinski definition) is 5. The summed E-state index contributed by atoms with van der Waals surface area (Å²) in [5, 5.41) is 5.24. The lowest BCUT2D eigenvalue weighted by atomic mass is 10.0. The summed E-state index contributed by atoms with van der Waals surface area (Å²) in [4.78, 5) is 4.40. The van der Waals surface area contributed by atoms with Crippen LogP contribution in [-0.2, 0) is 10.0 Å². The third kappa shape index (κ3) is 3.14. The predicted octanol–water partition coefficient (Wildman–Crippen LogP) is 2.66. The Bertz CT molecular complexity index is 861. The SMILES string of the molecule is Cc1ccc(C=CS(=O)(=O)N2CC(c3nc(C4CC4)no3)C2)cc1. The maximum Gasteiger partial charge on any atom is 0.236 e. The number of sulfonamides is 1. The van der Waals surface area contributed by atoms with E-state index in [1.54, 1.807) is 6.08 Å². The molecule has 0 bridgehead atoms. The highest BCUT2D eigenvalue weighted by Crippen LogP contribution is 2.39. The molecule has 0 unspecified atom stereocenters. The number of hydrogen-bond donors (Lipinski definition) is 0. The highest BCUT2D eigenvalue weighted by molar-refractivity contribution is 7.92. The molecule has 1 aliphatic heterocycles. The molecule has 1 saturated heterocycles. The largest absolute Gasteiger partial charge is 0.339 e. The second-order valence-electron chi connectivity index (χ2n) is 6.54. The first kappa shape index (κ1) is 15.5. The van der Waals surface area contributed by atoms with Gasteiger partial charge in [0.05, 0.1) is 5.92 Å². The molecule has 1 aromatic carbocycles. The Morgan fingerprint density at radius 2 is 1.88 bits per heavy atom. The van der Waals surface area contributed by atoms with E-state index in [1.165, 1.54) is 9.71 Å². The molecule has 0 amide bonds. The van der Waals surface area contributed by atoms with Crippen molar-refractivity contribution in [2.24, 2.45) is 0 Å². The van der Waals surface area contributed by atoms with Gasteiger partial charge in [-0.25, -0.2) is 8.42 Å². The van der Waals surface area contributed by atoms with Gasteiger partial charge in [0.15, 0.2) is 5.82 Å². The van der Waals surface area contributed by atoms with E-state index in [2.05, 4.69) is 10.1 Å². The molecule has 0 N–H and O–H groups in total. The van der Waals surface area contributed by atoms with Crippen molar-refractivity contribution in [2.45, 2.75) is 31.6 Å². The zero-order valence-corrected chi connectivity index (χ0v) is 14.2. The van der Waals surface area contributed by atoms with Gasteiger partial charge < -0.3 is 4.52 Å². The third-order valence-corrected chi connectivity index (χ3v) is 5.96. The number of rotatable bonds is 5. The van der Waals surface area contributed by atoms with Crippen LogP contribution in [0.15, 0.2) is 34.2 Å². The second-order valence-corrected chi connectivity index (χ2v) is 8.36. The molecule has 6 nitrogen and oxygen atoms in total. The lowest BCUT2D eigenvalue weighted by Crippen LogP contribution is -2.47. The normalized spacial score (nSPS) is 19.7. The Morgan fingerprint density at radius 1 is 1.17 bits per heavy atom. The summed E-state index contributed by atoms with van der Waals surface area (Å²) in [6.45, 7) is 2.79. The Hall–Kier alpha value is -1.99. The van der Waals surface area contributed by atoms with Gasteiger partial charge in [0, 0.05) is 24.4 Å². The van der Waals surface area contributed by atoms with Crippen LogP contribution >= 0.6 is 0 Å². The van der Waals surface area contributed by atoms with E-state index in [4.69, 9.17) is 4.52 Å². The molecule has 2 aliphatic rings. The minimum Gasteiger partial charge on any atom is -0.339 e. The smallest absolute Gasteiger partial charge is 0.236 e. The standard InChI is InChI=1S/C17H19N3O3S/c1-12-2-4-13(5-3-12)8-9-24(21,22)20-10-15(11-20)17-18-16(19-23-17)14-6-7-14/h2-5,8-9,14-15H,6-7,10-11H2,1H3. The van der Waals surface area contributed by atoms with Crippen LogP contribution in [-0.4, -0.2) is 36.0 Å². The van der Waals surface area contributed by atoms with Gasteiger partial charge in [-0.05, 0) is 31.4 Å². The lowest BCUT2D eigenvalue weighted by Gasteiger charge is -2.34. The van der Waals surface area contributed by atoms with E-state index in [0.717, 1.165) is 29.8 Å². The first-order valence-corrected chi connectivity index (χ1v) is 9.60. The highest BCUT2D eigenvalue weighted by Gasteiger charge is 2.39. The molecule has 2 heterocycles. The zero-order chi connectivity index (χ0) is 16.7. The Morgan fingerprint density at radius 3 is 2.54 bits per heavy atom. The van der Waals surface area contributed by atoms with Gasteiger partial charge in [0.2, 0.25) is 15.9 Å². The molecule has 4 rings (SSSR count). The molecule has 1 aliphatic carbocycles. The molecule has 7 heteroatoms. The van der Waals surface area contributed by atoms with E-state index in [9.17, 15) is 8.42 Å². The van der Waals surface area contributed by atoms with Crippen LogP contribution in [0.2, 0.25) is 0 Å². The summed E-state index contributed by atoms with van der Waals surface area (Å²) in [6.07, 6.45) is 3.86. The molecule has 126 valence electrons. The molecule has 0 atom stereocenters. The fraction of sp³-hybridized carbons (Fsp3) is 0.412. The Labute approximate surface area is 141 Å². The van der Waals surface area contributed by atoms with Crippen molar-refractivity contribution in [3.63, 3.8) is 0 Å². The van der Waals surface area contributed by atoms with Gasteiger partial charge in [-0.15, -0.1) is 0 Å². The molecule has 2 aromatic rings. The fourth-order valence-electron chi connectivity index (χ4n) is 2.65. The molecule has 1 aromatic heterocycles. The van der Waals surface area contributed by atoms with Crippen molar-refractivity contribution < 1.29 is 12.9 Å². The highest BCUT2D eigenvalue weighted by atomic mass is 32.2.